The molecule has 3 aromatic carbocycles. The summed E-state index contributed by atoms with van der Waals surface area (Å²) in [6, 6.07) is 20.5. The molecule has 0 radical (unpaired) electrons. The van der Waals surface area contributed by atoms with Crippen molar-refractivity contribution in [3.63, 3.8) is 0 Å². The summed E-state index contributed by atoms with van der Waals surface area (Å²) in [6.07, 6.45) is 3.94. The zero-order valence-corrected chi connectivity index (χ0v) is 21.2. The molecule has 1 aliphatic carbocycles. The lowest BCUT2D eigenvalue weighted by atomic mass is 9.86. The van der Waals surface area contributed by atoms with Gasteiger partial charge in [0.25, 0.3) is 5.91 Å². The number of amides is 1. The Bertz CT molecular complexity index is 1360. The van der Waals surface area contributed by atoms with Gasteiger partial charge in [-0.2, -0.15) is 0 Å². The number of hydrogen-bond donors (Lipinski definition) is 1. The summed E-state index contributed by atoms with van der Waals surface area (Å²) >= 11 is 8.10. The van der Waals surface area contributed by atoms with Gasteiger partial charge in [-0.05, 0) is 73.1 Å². The Balaban J connectivity index is 1.51. The van der Waals surface area contributed by atoms with E-state index < -0.39 is 0 Å². The van der Waals surface area contributed by atoms with Crippen molar-refractivity contribution in [3.05, 3.63) is 88.0 Å². The summed E-state index contributed by atoms with van der Waals surface area (Å²) in [5.41, 5.74) is 8.87. The lowest BCUT2D eigenvalue weighted by Crippen LogP contribution is -2.41. The molecular formula is C29H28ClFN2OS. The number of nitrogens with two attached hydrogens (primary N) is 1. The first-order chi connectivity index (χ1) is 16.9. The first kappa shape index (κ1) is 23.8. The van der Waals surface area contributed by atoms with Crippen molar-refractivity contribution in [2.45, 2.75) is 45.2 Å². The van der Waals surface area contributed by atoms with E-state index in [0.29, 0.717) is 27.1 Å². The normalized spacial score (nSPS) is 18.0. The smallest absolute Gasteiger partial charge is 0.266 e. The Hall–Kier alpha value is -2.89. The van der Waals surface area contributed by atoms with Crippen LogP contribution in [-0.2, 0) is 6.54 Å². The molecule has 1 aromatic heterocycles. The van der Waals surface area contributed by atoms with Crippen LogP contribution >= 0.6 is 22.9 Å². The predicted molar refractivity (Wildman–Crippen MR) is 144 cm³/mol. The summed E-state index contributed by atoms with van der Waals surface area (Å²) in [5, 5.41) is 1.37. The standard InChI is InChI=1S/C29H28ClFN2OS/c1-18-6-13-23(14-7-18)33(29(34)28-27(30)24-4-2-3-5-26(24)35-28)17-21-16-20(10-15-25(21)31)19-8-11-22(32)12-9-19/h2-5,8-12,15-16,18,23H,6-7,13-14,17,32H2,1H3. The molecule has 1 saturated carbocycles. The molecule has 0 aliphatic heterocycles. The van der Waals surface area contributed by atoms with Gasteiger partial charge in [-0.3, -0.25) is 4.79 Å². The molecule has 1 heterocycles. The minimum Gasteiger partial charge on any atom is -0.399 e. The van der Waals surface area contributed by atoms with Crippen LogP contribution in [0.3, 0.4) is 0 Å². The maximum atomic E-state index is 15.1. The highest BCUT2D eigenvalue weighted by Gasteiger charge is 2.31. The number of carbonyl (C=O) groups excluding carboxylic acids is 1. The predicted octanol–water partition coefficient (Wildman–Crippen LogP) is 8.16. The van der Waals surface area contributed by atoms with E-state index in [1.807, 2.05) is 59.5 Å². The third-order valence-electron chi connectivity index (χ3n) is 7.05. The number of nitrogens with zero attached hydrogens (tertiary/aromatic N) is 1. The molecule has 2 N–H and O–H groups in total. The van der Waals surface area contributed by atoms with Gasteiger partial charge in [0.2, 0.25) is 0 Å². The number of rotatable bonds is 5. The molecule has 1 fully saturated rings. The van der Waals surface area contributed by atoms with Crippen LogP contribution in [0.4, 0.5) is 10.1 Å². The molecule has 180 valence electrons. The Morgan fingerprint density at radius 2 is 1.71 bits per heavy atom. The summed E-state index contributed by atoms with van der Waals surface area (Å²) in [6.45, 7) is 2.46. The first-order valence-corrected chi connectivity index (χ1v) is 13.2. The maximum absolute atomic E-state index is 15.1. The molecule has 35 heavy (non-hydrogen) atoms. The summed E-state index contributed by atoms with van der Waals surface area (Å²) in [7, 11) is 0. The molecule has 5 rings (SSSR count). The van der Waals surface area contributed by atoms with E-state index >= 15 is 4.39 Å². The highest BCUT2D eigenvalue weighted by atomic mass is 35.5. The van der Waals surface area contributed by atoms with Crippen molar-refractivity contribution < 1.29 is 9.18 Å². The van der Waals surface area contributed by atoms with Crippen LogP contribution in [0.25, 0.3) is 21.2 Å². The monoisotopic (exact) mass is 506 g/mol. The summed E-state index contributed by atoms with van der Waals surface area (Å²) < 4.78 is 16.1. The summed E-state index contributed by atoms with van der Waals surface area (Å²) in [5.74, 6) is 0.211. The van der Waals surface area contributed by atoms with Crippen LogP contribution in [0.5, 0.6) is 0 Å². The van der Waals surface area contributed by atoms with E-state index in [-0.39, 0.29) is 24.3 Å². The fourth-order valence-electron chi connectivity index (χ4n) is 4.94. The van der Waals surface area contributed by atoms with Gasteiger partial charge >= 0.3 is 0 Å². The van der Waals surface area contributed by atoms with Crippen molar-refractivity contribution in [1.82, 2.24) is 4.90 Å². The average molecular weight is 507 g/mol. The summed E-state index contributed by atoms with van der Waals surface area (Å²) in [4.78, 5) is 16.3. The molecule has 0 spiro atoms. The number of hydrogen-bond acceptors (Lipinski definition) is 3. The highest BCUT2D eigenvalue weighted by Crippen LogP contribution is 2.38. The van der Waals surface area contributed by atoms with Crippen LogP contribution in [-0.4, -0.2) is 16.8 Å². The van der Waals surface area contributed by atoms with E-state index in [2.05, 4.69) is 6.92 Å². The topological polar surface area (TPSA) is 46.3 Å². The van der Waals surface area contributed by atoms with Crippen molar-refractivity contribution in [2.75, 3.05) is 5.73 Å². The molecular weight excluding hydrogens is 479 g/mol. The second-order valence-electron chi connectivity index (χ2n) is 9.52. The van der Waals surface area contributed by atoms with E-state index in [9.17, 15) is 4.79 Å². The van der Waals surface area contributed by atoms with Gasteiger partial charge in [0, 0.05) is 33.9 Å². The third-order valence-corrected chi connectivity index (χ3v) is 8.71. The third kappa shape index (κ3) is 4.93. The lowest BCUT2D eigenvalue weighted by Gasteiger charge is -2.36. The van der Waals surface area contributed by atoms with Gasteiger partial charge in [0.05, 0.1) is 5.02 Å². The highest BCUT2D eigenvalue weighted by molar-refractivity contribution is 7.21. The van der Waals surface area contributed by atoms with Crippen molar-refractivity contribution in [2.24, 2.45) is 5.92 Å². The Labute approximate surface area is 214 Å². The van der Waals surface area contributed by atoms with E-state index in [1.54, 1.807) is 6.07 Å². The van der Waals surface area contributed by atoms with Crippen molar-refractivity contribution >= 4 is 44.6 Å². The molecule has 4 aromatic rings. The second-order valence-corrected chi connectivity index (χ2v) is 10.9. The zero-order chi connectivity index (χ0) is 24.5. The molecule has 3 nitrogen and oxygen atoms in total. The Morgan fingerprint density at radius 3 is 2.43 bits per heavy atom. The van der Waals surface area contributed by atoms with Gasteiger partial charge in [-0.1, -0.05) is 54.9 Å². The first-order valence-electron chi connectivity index (χ1n) is 12.0. The quantitative estimate of drug-likeness (QED) is 0.277. The van der Waals surface area contributed by atoms with Crippen molar-refractivity contribution in [1.29, 1.82) is 0 Å². The lowest BCUT2D eigenvalue weighted by molar-refractivity contribution is 0.0596. The molecule has 0 saturated heterocycles. The molecule has 1 aliphatic rings. The van der Waals surface area contributed by atoms with Crippen LogP contribution in [0, 0.1) is 11.7 Å². The fourth-order valence-corrected chi connectivity index (χ4v) is 6.41. The number of fused-ring (bicyclic) bond motifs is 1. The van der Waals surface area contributed by atoms with Crippen LogP contribution < -0.4 is 5.73 Å². The molecule has 0 unspecified atom stereocenters. The van der Waals surface area contributed by atoms with Gasteiger partial charge in [-0.15, -0.1) is 11.3 Å². The Morgan fingerprint density at radius 1 is 1.03 bits per heavy atom. The SMILES string of the molecule is CC1CCC(N(Cc2cc(-c3ccc(N)cc3)ccc2F)C(=O)c2sc3ccccc3c2Cl)CC1. The number of benzene rings is 3. The maximum Gasteiger partial charge on any atom is 0.266 e. The minimum absolute atomic E-state index is 0.0551. The minimum atomic E-state index is -0.311. The number of anilines is 1. The van der Waals surface area contributed by atoms with E-state index in [0.717, 1.165) is 46.9 Å². The van der Waals surface area contributed by atoms with Crippen LogP contribution in [0.1, 0.15) is 47.8 Å². The average Bonchev–Trinajstić information content (AvgIpc) is 3.21. The van der Waals surface area contributed by atoms with E-state index in [1.165, 1.54) is 17.4 Å². The molecule has 1 amide bonds. The van der Waals surface area contributed by atoms with E-state index in [4.69, 9.17) is 17.3 Å². The molecule has 6 heteroatoms. The van der Waals surface area contributed by atoms with Gasteiger partial charge in [-0.25, -0.2) is 4.39 Å². The van der Waals surface area contributed by atoms with Crippen LogP contribution in [0.15, 0.2) is 66.7 Å². The molecule has 0 bridgehead atoms. The van der Waals surface area contributed by atoms with Gasteiger partial charge in [0.1, 0.15) is 10.7 Å². The van der Waals surface area contributed by atoms with Gasteiger partial charge in [0.15, 0.2) is 0 Å². The van der Waals surface area contributed by atoms with Gasteiger partial charge < -0.3 is 10.6 Å². The van der Waals surface area contributed by atoms with Crippen molar-refractivity contribution in [3.8, 4) is 11.1 Å². The number of halogens is 2. The second kappa shape index (κ2) is 10.00. The largest absolute Gasteiger partial charge is 0.399 e. The number of carbonyl (C=O) groups is 1. The molecule has 0 atom stereocenters. The number of thiophene rings is 1. The van der Waals surface area contributed by atoms with Crippen LogP contribution in [0.2, 0.25) is 5.02 Å². The zero-order valence-electron chi connectivity index (χ0n) is 19.6. The number of nitrogen functional groups attached to an aromatic ring is 1. The fraction of sp³-hybridized carbons (Fsp3) is 0.276. The Kier molecular flexibility index (Phi) is 6.81.